The second-order valence-corrected chi connectivity index (χ2v) is 7.44. The number of aliphatic hydroxyl groups excluding tert-OH is 1. The molecule has 0 radical (unpaired) electrons. The topological polar surface area (TPSA) is 76.4 Å². The summed E-state index contributed by atoms with van der Waals surface area (Å²) >= 11 is 0. The third-order valence-corrected chi connectivity index (χ3v) is 5.49. The first kappa shape index (κ1) is 19.4. The van der Waals surface area contributed by atoms with Crippen LogP contribution in [0.3, 0.4) is 0 Å². The fourth-order valence-electron chi connectivity index (χ4n) is 3.96. The van der Waals surface area contributed by atoms with Crippen molar-refractivity contribution in [2.75, 3.05) is 7.11 Å². The molecule has 7 heteroatoms. The number of aromatic nitrogens is 2. The number of fused-ring (bicyclic) bond motifs is 1. The molecule has 0 aliphatic heterocycles. The summed E-state index contributed by atoms with van der Waals surface area (Å²) in [5.41, 5.74) is 2.56. The smallest absolute Gasteiger partial charge is 0.255 e. The Balaban J connectivity index is 1.70. The molecule has 1 aromatic carbocycles. The van der Waals surface area contributed by atoms with E-state index >= 15 is 0 Å². The standard InChI is InChI=1S/C22H24FN3O3/c1-29-19-10-11-24-20-16(22(28)25-17-4-2-3-5-18(17)27)13-26(21(19)20)12-14-6-8-15(23)9-7-14/h6-11,13,17-18,27H,2-5,12H2,1H3,(H,25,28)/t17?,18-/m0/s1. The molecule has 1 unspecified atom stereocenters. The lowest BCUT2D eigenvalue weighted by Gasteiger charge is -2.28. The quantitative estimate of drug-likeness (QED) is 0.693. The van der Waals surface area contributed by atoms with Crippen LogP contribution in [0, 0.1) is 5.82 Å². The first-order valence-corrected chi connectivity index (χ1v) is 9.82. The predicted molar refractivity (Wildman–Crippen MR) is 108 cm³/mol. The maximum atomic E-state index is 13.3. The maximum Gasteiger partial charge on any atom is 0.255 e. The van der Waals surface area contributed by atoms with Crippen molar-refractivity contribution in [1.82, 2.24) is 14.9 Å². The van der Waals surface area contributed by atoms with Gasteiger partial charge in [-0.3, -0.25) is 9.78 Å². The Labute approximate surface area is 168 Å². The van der Waals surface area contributed by atoms with E-state index in [9.17, 15) is 14.3 Å². The number of rotatable bonds is 5. The van der Waals surface area contributed by atoms with Gasteiger partial charge in [-0.25, -0.2) is 4.39 Å². The van der Waals surface area contributed by atoms with E-state index in [1.54, 1.807) is 37.7 Å². The van der Waals surface area contributed by atoms with Crippen LogP contribution in [-0.2, 0) is 6.54 Å². The summed E-state index contributed by atoms with van der Waals surface area (Å²) in [6, 6.07) is 7.74. The number of hydrogen-bond acceptors (Lipinski definition) is 4. The van der Waals surface area contributed by atoms with E-state index in [-0.39, 0.29) is 17.8 Å². The number of amides is 1. The van der Waals surface area contributed by atoms with Gasteiger partial charge in [0.15, 0.2) is 0 Å². The molecule has 6 nitrogen and oxygen atoms in total. The molecule has 0 spiro atoms. The van der Waals surface area contributed by atoms with Crippen molar-refractivity contribution in [3.8, 4) is 5.75 Å². The molecule has 152 valence electrons. The van der Waals surface area contributed by atoms with Crippen molar-refractivity contribution in [3.63, 3.8) is 0 Å². The number of carbonyl (C=O) groups excluding carboxylic acids is 1. The normalized spacial score (nSPS) is 19.3. The molecule has 29 heavy (non-hydrogen) atoms. The van der Waals surface area contributed by atoms with Crippen LogP contribution in [-0.4, -0.2) is 39.8 Å². The van der Waals surface area contributed by atoms with Crippen molar-refractivity contribution < 1.29 is 19.0 Å². The van der Waals surface area contributed by atoms with Gasteiger partial charge in [0, 0.05) is 25.0 Å². The van der Waals surface area contributed by atoms with Crippen LogP contribution in [0.2, 0.25) is 0 Å². The maximum absolute atomic E-state index is 13.3. The van der Waals surface area contributed by atoms with E-state index in [2.05, 4.69) is 10.3 Å². The lowest BCUT2D eigenvalue weighted by molar-refractivity contribution is 0.0718. The van der Waals surface area contributed by atoms with Gasteiger partial charge in [0.1, 0.15) is 22.6 Å². The Morgan fingerprint density at radius 3 is 2.76 bits per heavy atom. The summed E-state index contributed by atoms with van der Waals surface area (Å²) in [4.78, 5) is 17.4. The molecule has 4 rings (SSSR count). The number of pyridine rings is 1. The van der Waals surface area contributed by atoms with Gasteiger partial charge in [0.05, 0.1) is 24.8 Å². The van der Waals surface area contributed by atoms with Gasteiger partial charge in [0.2, 0.25) is 0 Å². The summed E-state index contributed by atoms with van der Waals surface area (Å²) in [5.74, 6) is 0.0462. The predicted octanol–water partition coefficient (Wildman–Crippen LogP) is 3.27. The Hall–Kier alpha value is -2.93. The van der Waals surface area contributed by atoms with Gasteiger partial charge >= 0.3 is 0 Å². The third-order valence-electron chi connectivity index (χ3n) is 5.49. The minimum absolute atomic E-state index is 0.252. The van der Waals surface area contributed by atoms with Crippen molar-refractivity contribution in [2.45, 2.75) is 44.4 Å². The molecule has 1 aliphatic carbocycles. The minimum atomic E-state index is -0.525. The molecule has 2 heterocycles. The zero-order valence-corrected chi connectivity index (χ0v) is 16.3. The minimum Gasteiger partial charge on any atom is -0.494 e. The summed E-state index contributed by atoms with van der Waals surface area (Å²) in [5, 5.41) is 13.2. The Morgan fingerprint density at radius 1 is 1.28 bits per heavy atom. The van der Waals surface area contributed by atoms with Gasteiger partial charge in [-0.15, -0.1) is 0 Å². The molecule has 2 aromatic heterocycles. The Morgan fingerprint density at radius 2 is 2.03 bits per heavy atom. The highest BCUT2D eigenvalue weighted by molar-refractivity contribution is 6.06. The van der Waals surface area contributed by atoms with Crippen LogP contribution in [0.15, 0.2) is 42.7 Å². The molecular weight excluding hydrogens is 373 g/mol. The molecular formula is C22H24FN3O3. The molecule has 0 saturated heterocycles. The average molecular weight is 397 g/mol. The number of benzene rings is 1. The zero-order valence-electron chi connectivity index (χ0n) is 16.3. The molecule has 1 saturated carbocycles. The monoisotopic (exact) mass is 397 g/mol. The van der Waals surface area contributed by atoms with Crippen molar-refractivity contribution >= 4 is 16.9 Å². The summed E-state index contributed by atoms with van der Waals surface area (Å²) in [6.45, 7) is 0.443. The largest absolute Gasteiger partial charge is 0.494 e. The number of nitrogens with zero attached hydrogens (tertiary/aromatic N) is 2. The molecule has 0 bridgehead atoms. The highest BCUT2D eigenvalue weighted by Crippen LogP contribution is 2.29. The van der Waals surface area contributed by atoms with Crippen LogP contribution in [0.1, 0.15) is 41.6 Å². The van der Waals surface area contributed by atoms with Crippen molar-refractivity contribution in [2.24, 2.45) is 0 Å². The van der Waals surface area contributed by atoms with Gasteiger partial charge in [0.25, 0.3) is 5.91 Å². The van der Waals surface area contributed by atoms with Gasteiger partial charge in [-0.1, -0.05) is 25.0 Å². The van der Waals surface area contributed by atoms with Crippen LogP contribution in [0.4, 0.5) is 4.39 Å². The van der Waals surface area contributed by atoms with E-state index in [1.165, 1.54) is 12.1 Å². The lowest BCUT2D eigenvalue weighted by Crippen LogP contribution is -2.45. The highest BCUT2D eigenvalue weighted by Gasteiger charge is 2.27. The van der Waals surface area contributed by atoms with Crippen LogP contribution in [0.5, 0.6) is 5.75 Å². The number of methoxy groups -OCH3 is 1. The third kappa shape index (κ3) is 3.96. The second-order valence-electron chi connectivity index (χ2n) is 7.44. The molecule has 1 amide bonds. The van der Waals surface area contributed by atoms with Gasteiger partial charge in [-0.05, 0) is 30.5 Å². The highest BCUT2D eigenvalue weighted by atomic mass is 19.1. The van der Waals surface area contributed by atoms with E-state index in [0.717, 1.165) is 24.8 Å². The Bertz CT molecular complexity index is 1020. The van der Waals surface area contributed by atoms with Crippen LogP contribution in [0.25, 0.3) is 11.0 Å². The van der Waals surface area contributed by atoms with Crippen LogP contribution < -0.4 is 10.1 Å². The molecule has 1 fully saturated rings. The first-order chi connectivity index (χ1) is 14.1. The first-order valence-electron chi connectivity index (χ1n) is 9.82. The number of aliphatic hydroxyl groups is 1. The van der Waals surface area contributed by atoms with E-state index in [4.69, 9.17) is 4.74 Å². The van der Waals surface area contributed by atoms with Crippen LogP contribution >= 0.6 is 0 Å². The van der Waals surface area contributed by atoms with E-state index in [0.29, 0.717) is 35.3 Å². The number of hydrogen-bond donors (Lipinski definition) is 2. The number of ether oxygens (including phenoxy) is 1. The Kier molecular flexibility index (Phi) is 5.49. The molecule has 3 aromatic rings. The molecule has 2 atom stereocenters. The van der Waals surface area contributed by atoms with Crippen molar-refractivity contribution in [3.05, 3.63) is 59.7 Å². The lowest BCUT2D eigenvalue weighted by atomic mass is 9.92. The fraction of sp³-hybridized carbons (Fsp3) is 0.364. The summed E-state index contributed by atoms with van der Waals surface area (Å²) in [7, 11) is 1.57. The SMILES string of the molecule is COc1ccnc2c(C(=O)NC3CCCC[C@@H]3O)cn(Cc3ccc(F)cc3)c12. The summed E-state index contributed by atoms with van der Waals surface area (Å²) < 4.78 is 20.6. The van der Waals surface area contributed by atoms with E-state index < -0.39 is 6.10 Å². The van der Waals surface area contributed by atoms with Gasteiger partial charge in [-0.2, -0.15) is 0 Å². The number of carbonyl (C=O) groups is 1. The van der Waals surface area contributed by atoms with Gasteiger partial charge < -0.3 is 19.7 Å². The number of nitrogens with one attached hydrogen (secondary N) is 1. The average Bonchev–Trinajstić information content (AvgIpc) is 3.10. The zero-order chi connectivity index (χ0) is 20.4. The summed E-state index contributed by atoms with van der Waals surface area (Å²) in [6.07, 6.45) is 6.25. The fourth-order valence-corrected chi connectivity index (χ4v) is 3.96. The number of halogens is 1. The van der Waals surface area contributed by atoms with E-state index in [1.807, 2.05) is 4.57 Å². The second kappa shape index (κ2) is 8.21. The molecule has 2 N–H and O–H groups in total. The van der Waals surface area contributed by atoms with Crippen molar-refractivity contribution in [1.29, 1.82) is 0 Å². The molecule has 1 aliphatic rings.